The molecular weight excluding hydrogens is 394 g/mol. The van der Waals surface area contributed by atoms with Gasteiger partial charge in [-0.25, -0.2) is 4.98 Å². The zero-order valence-electron chi connectivity index (χ0n) is 14.6. The van der Waals surface area contributed by atoms with Crippen molar-refractivity contribution in [1.29, 1.82) is 0 Å². The lowest BCUT2D eigenvalue weighted by Crippen LogP contribution is -2.10. The summed E-state index contributed by atoms with van der Waals surface area (Å²) in [6, 6.07) is 9.83. The summed E-state index contributed by atoms with van der Waals surface area (Å²) in [5, 5.41) is 15.5. The van der Waals surface area contributed by atoms with Crippen LogP contribution in [-0.4, -0.2) is 33.2 Å². The van der Waals surface area contributed by atoms with Crippen molar-refractivity contribution in [1.82, 2.24) is 15.0 Å². The van der Waals surface area contributed by atoms with Gasteiger partial charge in [-0.15, -0.1) is 0 Å². The second-order valence-corrected chi connectivity index (χ2v) is 6.80. The van der Waals surface area contributed by atoms with Gasteiger partial charge in [-0.05, 0) is 49.2 Å². The number of aliphatic hydroxyl groups excluding tert-OH is 1. The minimum atomic E-state index is 0.0105. The van der Waals surface area contributed by atoms with E-state index in [0.717, 1.165) is 32.5 Å². The van der Waals surface area contributed by atoms with E-state index in [1.807, 2.05) is 18.2 Å². The summed E-state index contributed by atoms with van der Waals surface area (Å²) >= 11 is 3.52. The summed E-state index contributed by atoms with van der Waals surface area (Å²) in [6.45, 7) is 4.50. The fraction of sp³-hybridized carbons (Fsp3) is 0.211. The molecule has 0 spiro atoms. The van der Waals surface area contributed by atoms with E-state index in [2.05, 4.69) is 67.5 Å². The molecule has 0 radical (unpaired) electrons. The summed E-state index contributed by atoms with van der Waals surface area (Å²) in [4.78, 5) is 13.1. The summed E-state index contributed by atoms with van der Waals surface area (Å²) in [5.74, 6) is 1.14. The van der Waals surface area contributed by atoms with Gasteiger partial charge in [0.15, 0.2) is 0 Å². The highest BCUT2D eigenvalue weighted by Gasteiger charge is 2.10. The van der Waals surface area contributed by atoms with Gasteiger partial charge in [0.1, 0.15) is 5.82 Å². The van der Waals surface area contributed by atoms with Crippen LogP contribution in [0.4, 0.5) is 17.5 Å². The number of hydrogen-bond donors (Lipinski definition) is 3. The topological polar surface area (TPSA) is 83.0 Å². The van der Waals surface area contributed by atoms with Gasteiger partial charge in [0.25, 0.3) is 0 Å². The molecule has 134 valence electrons. The highest BCUT2D eigenvalue weighted by atomic mass is 79.9. The molecule has 2 heterocycles. The molecule has 6 nitrogen and oxygen atoms in total. The molecule has 0 aliphatic rings. The normalized spacial score (nSPS) is 10.6. The first-order chi connectivity index (χ1) is 12.6. The maximum atomic E-state index is 9.07. The lowest BCUT2D eigenvalue weighted by molar-refractivity contribution is 0.311. The molecule has 0 bridgehead atoms. The number of hydrogen-bond acceptors (Lipinski definition) is 6. The Balaban J connectivity index is 2.01. The Morgan fingerprint density at radius 3 is 2.38 bits per heavy atom. The van der Waals surface area contributed by atoms with Crippen LogP contribution >= 0.6 is 15.9 Å². The van der Waals surface area contributed by atoms with Crippen LogP contribution in [0.5, 0.6) is 0 Å². The highest BCUT2D eigenvalue weighted by Crippen LogP contribution is 2.29. The van der Waals surface area contributed by atoms with Crippen molar-refractivity contribution in [2.45, 2.75) is 13.8 Å². The van der Waals surface area contributed by atoms with E-state index in [-0.39, 0.29) is 6.61 Å². The monoisotopic (exact) mass is 413 g/mol. The van der Waals surface area contributed by atoms with Crippen LogP contribution in [0.3, 0.4) is 0 Å². The van der Waals surface area contributed by atoms with E-state index in [4.69, 9.17) is 5.11 Å². The van der Waals surface area contributed by atoms with Crippen molar-refractivity contribution in [3.05, 3.63) is 58.3 Å². The molecule has 0 saturated carbocycles. The van der Waals surface area contributed by atoms with Gasteiger partial charge < -0.3 is 15.7 Å². The predicted octanol–water partition coefficient (Wildman–Crippen LogP) is 4.07. The highest BCUT2D eigenvalue weighted by molar-refractivity contribution is 9.10. The predicted molar refractivity (Wildman–Crippen MR) is 108 cm³/mol. The molecule has 26 heavy (non-hydrogen) atoms. The van der Waals surface area contributed by atoms with Gasteiger partial charge in [0.2, 0.25) is 5.95 Å². The second-order valence-electron chi connectivity index (χ2n) is 5.89. The van der Waals surface area contributed by atoms with Gasteiger partial charge in [-0.3, -0.25) is 4.98 Å². The minimum Gasteiger partial charge on any atom is -0.395 e. The van der Waals surface area contributed by atoms with Crippen molar-refractivity contribution in [3.63, 3.8) is 0 Å². The average Bonchev–Trinajstić information content (AvgIpc) is 2.63. The molecular formula is C19H20BrN5O. The van der Waals surface area contributed by atoms with Crippen molar-refractivity contribution >= 4 is 33.4 Å². The van der Waals surface area contributed by atoms with Crippen molar-refractivity contribution in [3.8, 4) is 11.3 Å². The Morgan fingerprint density at radius 2 is 1.73 bits per heavy atom. The SMILES string of the molecule is Cc1cc(Br)cc(C)c1Nc1cc(-c2ccncc2)nc(NCCO)n1. The van der Waals surface area contributed by atoms with E-state index in [0.29, 0.717) is 18.3 Å². The fourth-order valence-corrected chi connectivity index (χ4v) is 3.35. The number of nitrogens with one attached hydrogen (secondary N) is 2. The first-order valence-corrected chi connectivity index (χ1v) is 9.04. The van der Waals surface area contributed by atoms with Crippen LogP contribution < -0.4 is 10.6 Å². The van der Waals surface area contributed by atoms with E-state index in [9.17, 15) is 0 Å². The molecule has 7 heteroatoms. The maximum Gasteiger partial charge on any atom is 0.225 e. The van der Waals surface area contributed by atoms with Gasteiger partial charge >= 0.3 is 0 Å². The second kappa shape index (κ2) is 8.25. The fourth-order valence-electron chi connectivity index (χ4n) is 2.66. The summed E-state index contributed by atoms with van der Waals surface area (Å²) in [7, 11) is 0. The molecule has 0 fully saturated rings. The smallest absolute Gasteiger partial charge is 0.225 e. The quantitative estimate of drug-likeness (QED) is 0.564. The summed E-state index contributed by atoms with van der Waals surface area (Å²) in [5.41, 5.74) is 4.97. The molecule has 3 N–H and O–H groups in total. The molecule has 3 aromatic rings. The third-order valence-electron chi connectivity index (χ3n) is 3.85. The number of halogens is 1. The lowest BCUT2D eigenvalue weighted by Gasteiger charge is -2.15. The Hall–Kier alpha value is -2.51. The molecule has 0 unspecified atom stereocenters. The Labute approximate surface area is 160 Å². The lowest BCUT2D eigenvalue weighted by atomic mass is 10.1. The van der Waals surface area contributed by atoms with Crippen LogP contribution in [0.1, 0.15) is 11.1 Å². The van der Waals surface area contributed by atoms with E-state index in [1.54, 1.807) is 12.4 Å². The maximum absolute atomic E-state index is 9.07. The zero-order valence-corrected chi connectivity index (χ0v) is 16.2. The standard InChI is InChI=1S/C19H20BrN5O/c1-12-9-15(20)10-13(2)18(12)24-17-11-16(14-3-5-21-6-4-14)23-19(25-17)22-7-8-26/h3-6,9-11,26H,7-8H2,1-2H3,(H2,22,23,24,25). The van der Waals surface area contributed by atoms with Gasteiger partial charge in [-0.1, -0.05) is 15.9 Å². The Kier molecular flexibility index (Phi) is 5.80. The number of rotatable bonds is 6. The average molecular weight is 414 g/mol. The number of pyridine rings is 1. The molecule has 0 aliphatic heterocycles. The molecule has 2 aromatic heterocycles. The third kappa shape index (κ3) is 4.36. The van der Waals surface area contributed by atoms with Gasteiger partial charge in [-0.2, -0.15) is 4.98 Å². The first kappa shape index (κ1) is 18.3. The van der Waals surface area contributed by atoms with E-state index >= 15 is 0 Å². The van der Waals surface area contributed by atoms with Crippen molar-refractivity contribution < 1.29 is 5.11 Å². The first-order valence-electron chi connectivity index (χ1n) is 8.25. The number of aromatic nitrogens is 3. The van der Waals surface area contributed by atoms with Gasteiger partial charge in [0.05, 0.1) is 12.3 Å². The Bertz CT molecular complexity index is 879. The third-order valence-corrected chi connectivity index (χ3v) is 4.31. The summed E-state index contributed by atoms with van der Waals surface area (Å²) in [6.07, 6.45) is 3.46. The number of benzene rings is 1. The van der Waals surface area contributed by atoms with Crippen molar-refractivity contribution in [2.75, 3.05) is 23.8 Å². The molecule has 0 atom stereocenters. The summed E-state index contributed by atoms with van der Waals surface area (Å²) < 4.78 is 1.04. The molecule has 0 aliphatic carbocycles. The molecule has 1 aromatic carbocycles. The number of aliphatic hydroxyl groups is 1. The van der Waals surface area contributed by atoms with Crippen LogP contribution in [0, 0.1) is 13.8 Å². The molecule has 0 saturated heterocycles. The largest absolute Gasteiger partial charge is 0.395 e. The van der Waals surface area contributed by atoms with Crippen molar-refractivity contribution in [2.24, 2.45) is 0 Å². The minimum absolute atomic E-state index is 0.0105. The van der Waals surface area contributed by atoms with Crippen LogP contribution in [0.2, 0.25) is 0 Å². The number of aryl methyl sites for hydroxylation is 2. The molecule has 0 amide bonds. The van der Waals surface area contributed by atoms with Crippen LogP contribution in [0.15, 0.2) is 47.2 Å². The Morgan fingerprint density at radius 1 is 1.04 bits per heavy atom. The molecule has 3 rings (SSSR count). The zero-order chi connectivity index (χ0) is 18.5. The van der Waals surface area contributed by atoms with Crippen LogP contribution in [-0.2, 0) is 0 Å². The van der Waals surface area contributed by atoms with E-state index in [1.165, 1.54) is 0 Å². The van der Waals surface area contributed by atoms with Gasteiger partial charge in [0, 0.05) is 40.7 Å². The van der Waals surface area contributed by atoms with E-state index < -0.39 is 0 Å². The number of anilines is 3. The van der Waals surface area contributed by atoms with Crippen LogP contribution in [0.25, 0.3) is 11.3 Å². The number of nitrogens with zero attached hydrogens (tertiary/aromatic N) is 3.